The van der Waals surface area contributed by atoms with Gasteiger partial charge < -0.3 is 30.3 Å². The van der Waals surface area contributed by atoms with Gasteiger partial charge in [-0.05, 0) is 133 Å². The third-order valence-corrected chi connectivity index (χ3v) is 13.0. The highest BCUT2D eigenvalue weighted by atomic mass is 32.1. The van der Waals surface area contributed by atoms with Gasteiger partial charge in [0.25, 0.3) is 5.91 Å². The normalized spacial score (nSPS) is 13.4. The van der Waals surface area contributed by atoms with E-state index in [1.807, 2.05) is 101 Å². The van der Waals surface area contributed by atoms with Crippen LogP contribution in [0.3, 0.4) is 0 Å². The number of fused-ring (bicyclic) bond motifs is 2. The quantitative estimate of drug-likeness (QED) is 0.0818. The summed E-state index contributed by atoms with van der Waals surface area (Å²) < 4.78 is 5.41. The van der Waals surface area contributed by atoms with Crippen LogP contribution < -0.4 is 25.8 Å². The van der Waals surface area contributed by atoms with Crippen LogP contribution in [0.25, 0.3) is 22.3 Å². The van der Waals surface area contributed by atoms with Crippen molar-refractivity contribution in [1.82, 2.24) is 30.9 Å². The minimum atomic E-state index is -1.05. The van der Waals surface area contributed by atoms with Gasteiger partial charge in [0.05, 0.1) is 22.8 Å². The van der Waals surface area contributed by atoms with Gasteiger partial charge in [0, 0.05) is 80.2 Å². The molecule has 2 aliphatic rings. The zero-order valence-corrected chi connectivity index (χ0v) is 41.3. The van der Waals surface area contributed by atoms with E-state index in [1.54, 1.807) is 81.2 Å². The molecule has 0 spiro atoms. The van der Waals surface area contributed by atoms with Gasteiger partial charge >= 0.3 is 12.1 Å². The van der Waals surface area contributed by atoms with E-state index >= 15 is 0 Å². The molecule has 4 N–H and O–H groups in total. The summed E-state index contributed by atoms with van der Waals surface area (Å²) in [5.41, 5.74) is 10.8. The largest absolute Gasteiger partial charge is 0.478 e. The molecule has 0 radical (unpaired) electrons. The van der Waals surface area contributed by atoms with Crippen LogP contribution in [0, 0.1) is 0 Å². The number of thiazole rings is 1. The Morgan fingerprint density at radius 1 is 0.681 bits per heavy atom. The van der Waals surface area contributed by atoms with Crippen LogP contribution in [0.4, 0.5) is 16.2 Å². The van der Waals surface area contributed by atoms with Crippen LogP contribution in [0.5, 0.6) is 0 Å². The molecule has 0 bridgehead atoms. The summed E-state index contributed by atoms with van der Waals surface area (Å²) in [6.45, 7) is 6.62. The first kappa shape index (κ1) is 50.3. The van der Waals surface area contributed by atoms with E-state index in [0.29, 0.717) is 61.3 Å². The van der Waals surface area contributed by atoms with Gasteiger partial charge in [-0.2, -0.15) is 0 Å². The highest BCUT2D eigenvalue weighted by molar-refractivity contribution is 7.07. The summed E-state index contributed by atoms with van der Waals surface area (Å²) in [5, 5.41) is 20.8. The van der Waals surface area contributed by atoms with Crippen LogP contribution >= 0.6 is 11.3 Å². The number of amides is 4. The van der Waals surface area contributed by atoms with E-state index in [1.165, 1.54) is 11.3 Å². The van der Waals surface area contributed by atoms with E-state index in [4.69, 9.17) is 4.74 Å². The average Bonchev–Trinajstić information content (AvgIpc) is 4.18. The zero-order valence-electron chi connectivity index (χ0n) is 40.5. The van der Waals surface area contributed by atoms with Crippen molar-refractivity contribution >= 4 is 52.5 Å². The summed E-state index contributed by atoms with van der Waals surface area (Å²) in [6, 6.07) is 32.8. The Morgan fingerprint density at radius 2 is 1.18 bits per heavy atom. The predicted octanol–water partition coefficient (Wildman–Crippen LogP) is 8.33. The van der Waals surface area contributed by atoms with E-state index in [2.05, 4.69) is 30.9 Å². The number of carbonyl (C=O) groups excluding carboxylic acids is 4. The van der Waals surface area contributed by atoms with Crippen molar-refractivity contribution in [2.24, 2.45) is 0 Å². The predicted molar refractivity (Wildman–Crippen MR) is 278 cm³/mol. The second kappa shape index (κ2) is 22.8. The maximum absolute atomic E-state index is 14.0. The topological polar surface area (TPSA) is 196 Å². The summed E-state index contributed by atoms with van der Waals surface area (Å²) in [4.78, 5) is 81.2. The lowest BCUT2D eigenvalue weighted by Crippen LogP contribution is -2.50. The molecule has 2 atom stereocenters. The Morgan fingerprint density at radius 3 is 1.67 bits per heavy atom. The number of pyridine rings is 2. The molecule has 0 saturated heterocycles. The third-order valence-electron chi connectivity index (χ3n) is 12.3. The molecule has 2 aliphatic heterocycles. The zero-order chi connectivity index (χ0) is 50.8. The van der Waals surface area contributed by atoms with E-state index < -0.39 is 29.7 Å². The fourth-order valence-electron chi connectivity index (χ4n) is 8.94. The Kier molecular flexibility index (Phi) is 15.9. The van der Waals surface area contributed by atoms with E-state index in [9.17, 15) is 29.1 Å². The first-order valence-corrected chi connectivity index (χ1v) is 24.6. The number of nitrogens with one attached hydrogen (secondary N) is 3. The molecular weight excluding hydrogens is 929 g/mol. The summed E-state index contributed by atoms with van der Waals surface area (Å²) >= 11 is 1.54. The number of benzene rings is 4. The van der Waals surface area contributed by atoms with Crippen LogP contribution in [-0.4, -0.2) is 87.7 Å². The molecule has 15 nitrogen and oxygen atoms in total. The molecule has 16 heteroatoms. The number of alkyl carbamates (subject to hydrolysis) is 1. The molecule has 0 unspecified atom stereocenters. The van der Waals surface area contributed by atoms with E-state index in [0.717, 1.165) is 44.8 Å². The second-order valence-electron chi connectivity index (χ2n) is 18.4. The molecule has 9 rings (SSSR count). The molecule has 72 heavy (non-hydrogen) atoms. The number of nitrogens with zero attached hydrogens (tertiary/aromatic N) is 5. The maximum Gasteiger partial charge on any atom is 0.408 e. The molecule has 4 amide bonds. The molecule has 0 fully saturated rings. The van der Waals surface area contributed by atoms with Crippen molar-refractivity contribution < 1.29 is 33.8 Å². The molecule has 3 aromatic heterocycles. The fourth-order valence-corrected chi connectivity index (χ4v) is 9.50. The maximum atomic E-state index is 14.0. The summed E-state index contributed by atoms with van der Waals surface area (Å²) in [7, 11) is 1.63. The van der Waals surface area contributed by atoms with Crippen molar-refractivity contribution in [3.63, 3.8) is 0 Å². The van der Waals surface area contributed by atoms with Gasteiger partial charge in [-0.3, -0.25) is 29.7 Å². The second-order valence-corrected chi connectivity index (χ2v) is 19.1. The van der Waals surface area contributed by atoms with Gasteiger partial charge in [-0.1, -0.05) is 60.7 Å². The van der Waals surface area contributed by atoms with Gasteiger partial charge in [-0.15, -0.1) is 11.3 Å². The van der Waals surface area contributed by atoms with Crippen LogP contribution in [-0.2, 0) is 46.6 Å². The fraction of sp³-hybridized carbons (Fsp3) is 0.250. The van der Waals surface area contributed by atoms with Gasteiger partial charge in [0.2, 0.25) is 11.8 Å². The Balaban J connectivity index is 0.000000193. The van der Waals surface area contributed by atoms with Crippen molar-refractivity contribution in [3.8, 4) is 22.3 Å². The highest BCUT2D eigenvalue weighted by Gasteiger charge is 2.36. The number of anilines is 2. The lowest BCUT2D eigenvalue weighted by atomic mass is 9.97. The first-order valence-electron chi connectivity index (χ1n) is 23.7. The van der Waals surface area contributed by atoms with Crippen LogP contribution in [0.1, 0.15) is 69.4 Å². The number of carboxylic acids is 1. The SMILES string of the molecule is CC(C)(C)OC(=O)N[C@@H](Cc1ccccc1)C(=O)N1CCc2c(C(=O)O)cc(-c3ccncc3)cc21.CNC(=O)c1cc(-c2ccncc2)cc2c1CCN2C(=O)[C@H](Cc1ccccc1)NCc1cscn1. The molecule has 0 saturated carbocycles. The first-order chi connectivity index (χ1) is 34.8. The van der Waals surface area contributed by atoms with Crippen molar-refractivity contribution in [3.05, 3.63) is 184 Å². The summed E-state index contributed by atoms with van der Waals surface area (Å²) in [6.07, 6.45) is 7.89. The number of rotatable bonds is 14. The number of carbonyl (C=O) groups is 5. The Bertz CT molecular complexity index is 3030. The Labute approximate surface area is 422 Å². The number of aromatic carboxylic acids is 1. The van der Waals surface area contributed by atoms with Crippen molar-refractivity contribution in [1.29, 1.82) is 0 Å². The van der Waals surface area contributed by atoms with Gasteiger partial charge in [-0.25, -0.2) is 14.6 Å². The minimum absolute atomic E-state index is 0.0115. The number of carboxylic acid groups (broad SMARTS) is 1. The van der Waals surface area contributed by atoms with Crippen LogP contribution in [0.15, 0.2) is 145 Å². The minimum Gasteiger partial charge on any atom is -0.478 e. The molecule has 0 aliphatic carbocycles. The Hall–Kier alpha value is -8.08. The lowest BCUT2D eigenvalue weighted by Gasteiger charge is -2.27. The number of hydrogen-bond donors (Lipinski definition) is 4. The number of hydrogen-bond acceptors (Lipinski definition) is 11. The molecular formula is C56H56N8O7S. The van der Waals surface area contributed by atoms with E-state index in [-0.39, 0.29) is 29.7 Å². The van der Waals surface area contributed by atoms with Gasteiger partial charge in [0.1, 0.15) is 11.6 Å². The average molecular weight is 985 g/mol. The van der Waals surface area contributed by atoms with Gasteiger partial charge in [0.15, 0.2) is 0 Å². The van der Waals surface area contributed by atoms with Crippen molar-refractivity contribution in [2.75, 3.05) is 29.9 Å². The lowest BCUT2D eigenvalue weighted by molar-refractivity contribution is -0.121. The molecule has 5 heterocycles. The standard InChI is InChI=1S/C28H27N5O2S.C28H29N3O5/c1-29-27(34)24-14-21(20-7-10-30-11-8-20)15-26-23(24)9-12-33(26)28(35)25(13-19-5-3-2-4-6-19)31-16-22-17-36-18-32-22;1-28(2,3)36-27(35)30-23(15-18-7-5-4-6-8-18)25(32)31-14-11-21-22(26(33)34)16-20(17-24(21)31)19-9-12-29-13-10-19/h2-8,10-11,14-15,17-18,25,31H,9,12-13,16H2,1H3,(H,29,34);4-10,12-13,16-17,23H,11,14-15H2,1-3H3,(H,30,35)(H,33,34)/t25-;23-/m00/s1. The summed E-state index contributed by atoms with van der Waals surface area (Å²) in [5.74, 6) is -1.54. The highest BCUT2D eigenvalue weighted by Crippen LogP contribution is 2.38. The third kappa shape index (κ3) is 12.3. The molecule has 7 aromatic rings. The molecule has 368 valence electrons. The number of ether oxygens (including phenoxy) is 1. The smallest absolute Gasteiger partial charge is 0.408 e. The monoisotopic (exact) mass is 984 g/mol. The number of aromatic nitrogens is 3. The van der Waals surface area contributed by atoms with Crippen molar-refractivity contribution in [2.45, 2.75) is 70.7 Å². The molecule has 4 aromatic carbocycles. The van der Waals surface area contributed by atoms with Crippen LogP contribution in [0.2, 0.25) is 0 Å².